The number of allylic oxidation sites excluding steroid dienone is 12. The van der Waals surface area contributed by atoms with E-state index in [1.807, 2.05) is 32.1 Å². The van der Waals surface area contributed by atoms with Crippen molar-refractivity contribution in [2.45, 2.75) is 54.9 Å². The Kier molecular flexibility index (Phi) is 5.76. The Balaban J connectivity index is 2.79. The SMILES string of the molecule is CC=CC1(C)C2CC(C)=CC(F)=C2C(/C=C\C=C/C)=CC1(C)C(C)C. The second-order valence-corrected chi connectivity index (χ2v) is 8.21. The molecule has 0 fully saturated rings. The quantitative estimate of drug-likeness (QED) is 0.367. The van der Waals surface area contributed by atoms with Gasteiger partial charge >= 0.3 is 0 Å². The highest BCUT2D eigenvalue weighted by molar-refractivity contribution is 5.54. The van der Waals surface area contributed by atoms with Gasteiger partial charge < -0.3 is 0 Å². The summed E-state index contributed by atoms with van der Waals surface area (Å²) in [5.74, 6) is 0.553. The van der Waals surface area contributed by atoms with Gasteiger partial charge in [-0.05, 0) is 55.7 Å². The molecule has 0 aromatic rings. The van der Waals surface area contributed by atoms with Crippen molar-refractivity contribution in [2.75, 3.05) is 0 Å². The second-order valence-electron chi connectivity index (χ2n) is 8.21. The lowest BCUT2D eigenvalue weighted by atomic mass is 9.48. The Bertz CT molecular complexity index is 696. The molecule has 1 heteroatoms. The highest BCUT2D eigenvalue weighted by Crippen LogP contribution is 2.61. The molecule has 3 unspecified atom stereocenters. The van der Waals surface area contributed by atoms with Gasteiger partial charge in [0.2, 0.25) is 0 Å². The molecule has 0 aliphatic heterocycles. The number of rotatable bonds is 4. The van der Waals surface area contributed by atoms with Crippen LogP contribution in [0.25, 0.3) is 0 Å². The Hall–Kier alpha value is -1.63. The van der Waals surface area contributed by atoms with Crippen molar-refractivity contribution >= 4 is 0 Å². The average Bonchev–Trinajstić information content (AvgIpc) is 2.52. The Morgan fingerprint density at radius 3 is 2.40 bits per heavy atom. The van der Waals surface area contributed by atoms with Crippen LogP contribution in [-0.4, -0.2) is 0 Å². The third kappa shape index (κ3) is 3.26. The molecule has 2 rings (SSSR count). The van der Waals surface area contributed by atoms with Crippen LogP contribution in [0.1, 0.15) is 54.9 Å². The van der Waals surface area contributed by atoms with Gasteiger partial charge in [0.25, 0.3) is 0 Å². The molecule has 0 bridgehead atoms. The second kappa shape index (κ2) is 7.32. The normalized spacial score (nSPS) is 33.6. The van der Waals surface area contributed by atoms with Crippen molar-refractivity contribution in [1.29, 1.82) is 0 Å². The highest BCUT2D eigenvalue weighted by atomic mass is 19.1. The predicted octanol–water partition coefficient (Wildman–Crippen LogP) is 7.49. The number of fused-ring (bicyclic) bond motifs is 1. The van der Waals surface area contributed by atoms with Gasteiger partial charge in [0.05, 0.1) is 0 Å². The molecule has 0 aromatic carbocycles. The summed E-state index contributed by atoms with van der Waals surface area (Å²) < 4.78 is 15.1. The van der Waals surface area contributed by atoms with Crippen molar-refractivity contribution in [2.24, 2.45) is 22.7 Å². The van der Waals surface area contributed by atoms with E-state index < -0.39 is 0 Å². The highest BCUT2D eigenvalue weighted by Gasteiger charge is 2.53. The summed E-state index contributed by atoms with van der Waals surface area (Å²) in [6.07, 6.45) is 17.5. The van der Waals surface area contributed by atoms with Crippen LogP contribution in [0.3, 0.4) is 0 Å². The Morgan fingerprint density at radius 1 is 1.16 bits per heavy atom. The van der Waals surface area contributed by atoms with E-state index in [9.17, 15) is 0 Å². The van der Waals surface area contributed by atoms with Crippen molar-refractivity contribution in [3.8, 4) is 0 Å². The third-order valence-corrected chi connectivity index (χ3v) is 6.45. The molecule has 0 saturated carbocycles. The van der Waals surface area contributed by atoms with Crippen molar-refractivity contribution in [1.82, 2.24) is 0 Å². The van der Waals surface area contributed by atoms with Crippen LogP contribution in [0.5, 0.6) is 0 Å². The summed E-state index contributed by atoms with van der Waals surface area (Å²) in [7, 11) is 0. The molecule has 0 saturated heterocycles. The summed E-state index contributed by atoms with van der Waals surface area (Å²) in [4.78, 5) is 0. The van der Waals surface area contributed by atoms with E-state index in [0.29, 0.717) is 5.92 Å². The summed E-state index contributed by atoms with van der Waals surface area (Å²) in [5, 5.41) is 0. The minimum atomic E-state index is -0.115. The van der Waals surface area contributed by atoms with E-state index in [4.69, 9.17) is 0 Å². The Morgan fingerprint density at radius 2 is 1.84 bits per heavy atom. The maximum Gasteiger partial charge on any atom is 0.127 e. The third-order valence-electron chi connectivity index (χ3n) is 6.45. The summed E-state index contributed by atoms with van der Waals surface area (Å²) in [6.45, 7) is 15.3. The maximum atomic E-state index is 15.1. The first kappa shape index (κ1) is 19.7. The molecule has 0 heterocycles. The van der Waals surface area contributed by atoms with Crippen molar-refractivity contribution in [3.05, 3.63) is 71.2 Å². The number of halogens is 1. The summed E-state index contributed by atoms with van der Waals surface area (Å²) in [6, 6.07) is 0. The molecule has 0 radical (unpaired) electrons. The zero-order valence-electron chi connectivity index (χ0n) is 16.9. The maximum absolute atomic E-state index is 15.1. The van der Waals surface area contributed by atoms with Crippen LogP contribution in [0.2, 0.25) is 0 Å². The first-order valence-electron chi connectivity index (χ1n) is 9.44. The van der Waals surface area contributed by atoms with Crippen LogP contribution in [0.4, 0.5) is 4.39 Å². The molecule has 2 aliphatic rings. The lowest BCUT2D eigenvalue weighted by molar-refractivity contribution is 0.0602. The number of hydrogen-bond donors (Lipinski definition) is 0. The largest absolute Gasteiger partial charge is 0.207 e. The van der Waals surface area contributed by atoms with Crippen LogP contribution < -0.4 is 0 Å². The molecule has 3 atom stereocenters. The van der Waals surface area contributed by atoms with Gasteiger partial charge in [-0.25, -0.2) is 4.39 Å². The number of hydrogen-bond acceptors (Lipinski definition) is 0. The van der Waals surface area contributed by atoms with Gasteiger partial charge in [-0.2, -0.15) is 0 Å². The van der Waals surface area contributed by atoms with Gasteiger partial charge in [0, 0.05) is 11.3 Å². The molecule has 2 aliphatic carbocycles. The van der Waals surface area contributed by atoms with Crippen LogP contribution in [0, 0.1) is 22.7 Å². The smallest absolute Gasteiger partial charge is 0.127 e. The topological polar surface area (TPSA) is 0 Å². The minimum Gasteiger partial charge on any atom is -0.207 e. The molecule has 136 valence electrons. The standard InChI is InChI=1S/C24H33F/c1-8-10-11-12-19-16-24(7,17(3)4)23(6,13-9-2)20-14-18(5)15-21(25)22(19)20/h8-13,15-17,20H,14H2,1-7H3/b10-8-,12-11-,13-9?. The zero-order valence-corrected chi connectivity index (χ0v) is 16.9. The van der Waals surface area contributed by atoms with E-state index in [1.165, 1.54) is 0 Å². The molecule has 0 amide bonds. The predicted molar refractivity (Wildman–Crippen MR) is 108 cm³/mol. The first-order chi connectivity index (χ1) is 11.7. The van der Waals surface area contributed by atoms with Crippen molar-refractivity contribution < 1.29 is 4.39 Å². The molecular formula is C24H33F. The van der Waals surface area contributed by atoms with Crippen LogP contribution in [-0.2, 0) is 0 Å². The van der Waals surface area contributed by atoms with Crippen LogP contribution in [0.15, 0.2) is 71.2 Å². The van der Waals surface area contributed by atoms with Gasteiger partial charge in [-0.1, -0.05) is 75.8 Å². The van der Waals surface area contributed by atoms with Crippen LogP contribution >= 0.6 is 0 Å². The molecular weight excluding hydrogens is 307 g/mol. The van der Waals surface area contributed by atoms with E-state index >= 15 is 4.39 Å². The lowest BCUT2D eigenvalue weighted by Crippen LogP contribution is -2.48. The van der Waals surface area contributed by atoms with E-state index in [0.717, 1.165) is 23.1 Å². The fourth-order valence-electron chi connectivity index (χ4n) is 4.56. The average molecular weight is 341 g/mol. The Labute approximate surface area is 153 Å². The van der Waals surface area contributed by atoms with Crippen molar-refractivity contribution in [3.63, 3.8) is 0 Å². The van der Waals surface area contributed by atoms with Gasteiger partial charge in [0.1, 0.15) is 5.83 Å². The fourth-order valence-corrected chi connectivity index (χ4v) is 4.56. The first-order valence-corrected chi connectivity index (χ1v) is 9.44. The summed E-state index contributed by atoms with van der Waals surface area (Å²) >= 11 is 0. The van der Waals surface area contributed by atoms with E-state index in [2.05, 4.69) is 58.9 Å². The van der Waals surface area contributed by atoms with Gasteiger partial charge in [-0.15, -0.1) is 0 Å². The molecule has 25 heavy (non-hydrogen) atoms. The molecule has 0 spiro atoms. The molecule has 0 aromatic heterocycles. The minimum absolute atomic E-state index is 0.0405. The molecule has 0 N–H and O–H groups in total. The lowest BCUT2D eigenvalue weighted by Gasteiger charge is -2.55. The molecule has 0 nitrogen and oxygen atoms in total. The summed E-state index contributed by atoms with van der Waals surface area (Å²) in [5.41, 5.74) is 2.90. The van der Waals surface area contributed by atoms with Gasteiger partial charge in [-0.3, -0.25) is 0 Å². The van der Waals surface area contributed by atoms with E-state index in [1.54, 1.807) is 6.08 Å². The van der Waals surface area contributed by atoms with Gasteiger partial charge in [0.15, 0.2) is 0 Å². The monoisotopic (exact) mass is 340 g/mol. The zero-order chi connectivity index (χ0) is 18.8. The van der Waals surface area contributed by atoms with E-state index in [-0.39, 0.29) is 22.6 Å². The fraction of sp³-hybridized carbons (Fsp3) is 0.500.